The fourth-order valence-corrected chi connectivity index (χ4v) is 6.58. The van der Waals surface area contributed by atoms with Crippen LogP contribution in [0.4, 0.5) is 0 Å². The monoisotopic (exact) mass is 533 g/mol. The molecule has 0 unspecified atom stereocenters. The molecule has 0 bridgehead atoms. The molecule has 2 heterocycles. The van der Waals surface area contributed by atoms with Crippen LogP contribution in [0.1, 0.15) is 126 Å². The van der Waals surface area contributed by atoms with Gasteiger partial charge >= 0.3 is 5.97 Å². The second kappa shape index (κ2) is 14.9. The summed E-state index contributed by atoms with van der Waals surface area (Å²) in [5, 5.41) is 0. The van der Waals surface area contributed by atoms with Gasteiger partial charge in [0.25, 0.3) is 0 Å². The number of carbonyl (C=O) groups excluding carboxylic acids is 1. The lowest BCUT2D eigenvalue weighted by molar-refractivity contribution is -0.170. The molecule has 2 aliphatic rings. The molecule has 4 rings (SSSR count). The van der Waals surface area contributed by atoms with Gasteiger partial charge in [-0.3, -0.25) is 4.79 Å². The first-order valence-electron chi connectivity index (χ1n) is 15.8. The molecule has 0 aromatic heterocycles. The van der Waals surface area contributed by atoms with Gasteiger partial charge in [0.1, 0.15) is 11.5 Å². The van der Waals surface area contributed by atoms with Crippen molar-refractivity contribution < 1.29 is 14.3 Å². The molecule has 1 fully saturated rings. The molecule has 0 spiro atoms. The minimum Gasteiger partial charge on any atom is -0.456 e. The summed E-state index contributed by atoms with van der Waals surface area (Å²) < 4.78 is 13.1. The molecule has 4 nitrogen and oxygen atoms in total. The number of carbonyl (C=O) groups is 1. The predicted molar refractivity (Wildman–Crippen MR) is 161 cm³/mol. The highest BCUT2D eigenvalue weighted by atomic mass is 16.6. The van der Waals surface area contributed by atoms with Crippen LogP contribution < -0.4 is 4.74 Å². The second-order valence-electron chi connectivity index (χ2n) is 12.0. The van der Waals surface area contributed by atoms with Crippen molar-refractivity contribution in [3.63, 3.8) is 0 Å². The predicted octanol–water partition coefficient (Wildman–Crippen LogP) is 9.44. The smallest absolute Gasteiger partial charge is 0.306 e. The van der Waals surface area contributed by atoms with Crippen molar-refractivity contribution in [3.8, 4) is 11.5 Å². The van der Waals surface area contributed by atoms with Crippen molar-refractivity contribution in [3.05, 3.63) is 59.2 Å². The lowest BCUT2D eigenvalue weighted by Crippen LogP contribution is -2.49. The normalized spacial score (nSPS) is 20.3. The van der Waals surface area contributed by atoms with E-state index in [9.17, 15) is 4.79 Å². The van der Waals surface area contributed by atoms with Crippen molar-refractivity contribution in [1.82, 2.24) is 4.90 Å². The molecule has 2 atom stereocenters. The van der Waals surface area contributed by atoms with Crippen LogP contribution in [-0.4, -0.2) is 31.0 Å². The summed E-state index contributed by atoms with van der Waals surface area (Å²) in [4.78, 5) is 15.7. The number of likely N-dealkylation sites (tertiary alicyclic amines) is 1. The quantitative estimate of drug-likeness (QED) is 0.169. The molecule has 214 valence electrons. The Bertz CT molecular complexity index is 1050. The van der Waals surface area contributed by atoms with E-state index in [-0.39, 0.29) is 11.9 Å². The molecule has 1 saturated heterocycles. The van der Waals surface area contributed by atoms with Gasteiger partial charge < -0.3 is 14.4 Å². The van der Waals surface area contributed by atoms with Crippen molar-refractivity contribution >= 4 is 5.97 Å². The molecule has 0 N–H and O–H groups in total. The summed E-state index contributed by atoms with van der Waals surface area (Å²) in [6.45, 7) is 6.10. The van der Waals surface area contributed by atoms with E-state index in [0.717, 1.165) is 60.5 Å². The highest BCUT2D eigenvalue weighted by Gasteiger charge is 2.51. The van der Waals surface area contributed by atoms with Crippen molar-refractivity contribution in [1.29, 1.82) is 0 Å². The highest BCUT2D eigenvalue weighted by Crippen LogP contribution is 2.55. The van der Waals surface area contributed by atoms with Crippen molar-refractivity contribution in [2.24, 2.45) is 0 Å². The van der Waals surface area contributed by atoms with Crippen LogP contribution in [0.25, 0.3) is 0 Å². The molecule has 2 aromatic rings. The number of esters is 1. The largest absolute Gasteiger partial charge is 0.456 e. The molecule has 0 amide bonds. The van der Waals surface area contributed by atoms with E-state index in [2.05, 4.69) is 50.1 Å². The van der Waals surface area contributed by atoms with E-state index in [1.807, 2.05) is 18.2 Å². The summed E-state index contributed by atoms with van der Waals surface area (Å²) in [7, 11) is 2.16. The Morgan fingerprint density at radius 3 is 2.23 bits per heavy atom. The average Bonchev–Trinajstić information content (AvgIpc) is 3.05. The Hall–Kier alpha value is -2.33. The molecule has 0 aliphatic carbocycles. The summed E-state index contributed by atoms with van der Waals surface area (Å²) in [6.07, 6.45) is 18.2. The SMILES string of the molecule is CCCCCCCCCCCCCCCC(=O)O[C@@]12CCN(C)C[C@@H]1c1cccc(C)c1Oc1ccccc12. The first-order valence-corrected chi connectivity index (χ1v) is 15.8. The fourth-order valence-electron chi connectivity index (χ4n) is 6.58. The van der Waals surface area contributed by atoms with Crippen LogP contribution in [0, 0.1) is 6.92 Å². The van der Waals surface area contributed by atoms with E-state index in [1.54, 1.807) is 0 Å². The Morgan fingerprint density at radius 2 is 1.54 bits per heavy atom. The zero-order chi connectivity index (χ0) is 27.5. The number of likely N-dealkylation sites (N-methyl/N-ethyl adjacent to an activating group) is 1. The number of hydrogen-bond donors (Lipinski definition) is 0. The number of benzene rings is 2. The zero-order valence-electron chi connectivity index (χ0n) is 24.8. The maximum absolute atomic E-state index is 13.4. The topological polar surface area (TPSA) is 38.8 Å². The maximum atomic E-state index is 13.4. The first-order chi connectivity index (χ1) is 19.0. The summed E-state index contributed by atoms with van der Waals surface area (Å²) in [6, 6.07) is 14.5. The zero-order valence-corrected chi connectivity index (χ0v) is 24.8. The van der Waals surface area contributed by atoms with Gasteiger partial charge in [-0.25, -0.2) is 0 Å². The molecule has 4 heteroatoms. The van der Waals surface area contributed by atoms with Crippen LogP contribution in [0.3, 0.4) is 0 Å². The molecule has 39 heavy (non-hydrogen) atoms. The van der Waals surface area contributed by atoms with Crippen LogP contribution >= 0.6 is 0 Å². The van der Waals surface area contributed by atoms with Crippen molar-refractivity contribution in [2.45, 2.75) is 122 Å². The molecule has 0 saturated carbocycles. The van der Waals surface area contributed by atoms with Gasteiger partial charge in [0.05, 0.1) is 0 Å². The third-order valence-corrected chi connectivity index (χ3v) is 8.88. The Kier molecular flexibility index (Phi) is 11.3. The van der Waals surface area contributed by atoms with Crippen LogP contribution in [-0.2, 0) is 15.1 Å². The summed E-state index contributed by atoms with van der Waals surface area (Å²) in [5.74, 6) is 1.69. The molecule has 0 radical (unpaired) electrons. The molecular formula is C35H51NO3. The Labute approximate surface area is 237 Å². The van der Waals surface area contributed by atoms with Gasteiger partial charge in [0.2, 0.25) is 0 Å². The van der Waals surface area contributed by atoms with Gasteiger partial charge in [-0.1, -0.05) is 120 Å². The fraction of sp³-hybridized carbons (Fsp3) is 0.629. The van der Waals surface area contributed by atoms with Gasteiger partial charge in [0, 0.05) is 43.0 Å². The van der Waals surface area contributed by atoms with Gasteiger partial charge in [-0.05, 0) is 32.0 Å². The number of hydrogen-bond acceptors (Lipinski definition) is 4. The Balaban J connectivity index is 1.30. The Morgan fingerprint density at radius 1 is 0.897 bits per heavy atom. The average molecular weight is 534 g/mol. The van der Waals surface area contributed by atoms with Gasteiger partial charge in [0.15, 0.2) is 5.60 Å². The number of para-hydroxylation sites is 2. The van der Waals surface area contributed by atoms with E-state index in [0.29, 0.717) is 6.42 Å². The molecule has 2 aliphatic heterocycles. The van der Waals surface area contributed by atoms with E-state index in [4.69, 9.17) is 9.47 Å². The first kappa shape index (κ1) is 29.6. The van der Waals surface area contributed by atoms with E-state index >= 15 is 0 Å². The standard InChI is InChI=1S/C35H51NO3/c1-4-5-6-7-8-9-10-11-12-13-14-15-16-24-33(37)39-35-25-26-36(3)27-31(35)29-21-19-20-28(2)34(29)38-32-23-18-17-22-30(32)35/h17-23,31H,4-16,24-27H2,1-3H3/t31-,35-/m1/s1. The van der Waals surface area contributed by atoms with Crippen LogP contribution in [0.15, 0.2) is 42.5 Å². The number of piperidine rings is 1. The minimum absolute atomic E-state index is 0.0328. The van der Waals surface area contributed by atoms with Gasteiger partial charge in [-0.15, -0.1) is 0 Å². The van der Waals surface area contributed by atoms with E-state index in [1.165, 1.54) is 70.6 Å². The molecule has 2 aromatic carbocycles. The summed E-state index contributed by atoms with van der Waals surface area (Å²) >= 11 is 0. The number of fused-ring (bicyclic) bond motifs is 5. The number of nitrogens with zero attached hydrogens (tertiary/aromatic N) is 1. The van der Waals surface area contributed by atoms with Gasteiger partial charge in [-0.2, -0.15) is 0 Å². The lowest BCUT2D eigenvalue weighted by atomic mass is 9.72. The maximum Gasteiger partial charge on any atom is 0.306 e. The van der Waals surface area contributed by atoms with Crippen molar-refractivity contribution in [2.75, 3.05) is 20.1 Å². The number of aryl methyl sites for hydroxylation is 1. The summed E-state index contributed by atoms with van der Waals surface area (Å²) in [5.41, 5.74) is 2.57. The highest BCUT2D eigenvalue weighted by molar-refractivity contribution is 5.71. The third kappa shape index (κ3) is 7.66. The number of rotatable bonds is 15. The second-order valence-corrected chi connectivity index (χ2v) is 12.0. The third-order valence-electron chi connectivity index (χ3n) is 8.88. The van der Waals surface area contributed by atoms with Crippen LogP contribution in [0.5, 0.6) is 11.5 Å². The number of ether oxygens (including phenoxy) is 2. The number of unbranched alkanes of at least 4 members (excludes halogenated alkanes) is 12. The van der Waals surface area contributed by atoms with E-state index < -0.39 is 5.60 Å². The van der Waals surface area contributed by atoms with Crippen LogP contribution in [0.2, 0.25) is 0 Å². The molecular weight excluding hydrogens is 482 g/mol. The minimum atomic E-state index is -0.699. The lowest BCUT2D eigenvalue weighted by Gasteiger charge is -2.46.